The molecule has 4 aliphatic rings. The van der Waals surface area contributed by atoms with Crippen LogP contribution in [0, 0.1) is 0 Å². The van der Waals surface area contributed by atoms with Gasteiger partial charge in [0.2, 0.25) is 11.8 Å². The monoisotopic (exact) mass is 498 g/mol. The number of nitrogens with one attached hydrogen (secondary N) is 1. The minimum Gasteiger partial charge on any atom is -0.597 e. The van der Waals surface area contributed by atoms with E-state index in [9.17, 15) is 27.9 Å². The van der Waals surface area contributed by atoms with Crippen LogP contribution in [-0.4, -0.2) is 69.7 Å². The molecule has 2 saturated heterocycles. The summed E-state index contributed by atoms with van der Waals surface area (Å²) in [5.41, 5.74) is 0.932. The van der Waals surface area contributed by atoms with Crippen LogP contribution in [0.4, 0.5) is 0 Å². The number of imide groups is 2. The summed E-state index contributed by atoms with van der Waals surface area (Å²) in [5.74, 6) is -2.39. The zero-order chi connectivity index (χ0) is 24.5. The van der Waals surface area contributed by atoms with E-state index in [0.717, 1.165) is 11.3 Å². The smallest absolute Gasteiger partial charge is 0.264 e. The number of aromatic nitrogens is 3. The first-order chi connectivity index (χ1) is 16.7. The third-order valence-electron chi connectivity index (χ3n) is 7.31. The number of sulfonamides is 1. The lowest BCUT2D eigenvalue weighted by Gasteiger charge is -2.37. The standard InChI is InChI=1S/C22H22N6O6S/c29-17-6-5-16(19(30)23-17)28-20(31)14-3-1-4-15(18(14)21(28)32)27-12-13(24-25-27)11-26-10-2-7-22(8-9-22)35(26,33)34/h1,3-4,12,16H,2,5-11H2,(H-,23,29,30,33,34). The summed E-state index contributed by atoms with van der Waals surface area (Å²) < 4.78 is 28.1. The lowest BCUT2D eigenvalue weighted by Crippen LogP contribution is -2.54. The van der Waals surface area contributed by atoms with Gasteiger partial charge in [0.25, 0.3) is 11.8 Å². The Morgan fingerprint density at radius 1 is 1.14 bits per heavy atom. The molecule has 2 unspecified atom stereocenters. The predicted molar refractivity (Wildman–Crippen MR) is 118 cm³/mol. The highest BCUT2D eigenvalue weighted by Crippen LogP contribution is 2.53. The summed E-state index contributed by atoms with van der Waals surface area (Å²) in [6.07, 6.45) is 4.50. The zero-order valence-electron chi connectivity index (χ0n) is 18.6. The molecule has 6 rings (SSSR count). The van der Waals surface area contributed by atoms with Crippen LogP contribution in [0.2, 0.25) is 0 Å². The Hall–Kier alpha value is -3.29. The van der Waals surface area contributed by atoms with E-state index in [0.29, 0.717) is 37.2 Å². The van der Waals surface area contributed by atoms with Crippen molar-refractivity contribution in [1.82, 2.24) is 29.5 Å². The summed E-state index contributed by atoms with van der Waals surface area (Å²) >= 11 is 0. The maximum Gasteiger partial charge on any atom is 0.264 e. The highest BCUT2D eigenvalue weighted by molar-refractivity contribution is 7.97. The number of amides is 4. The number of carbonyl (C=O) groups excluding carboxylic acids is 4. The van der Waals surface area contributed by atoms with E-state index < -0.39 is 44.8 Å². The molecular formula is C22H22N6O6S. The fourth-order valence-corrected chi connectivity index (χ4v) is 7.51. The molecule has 0 radical (unpaired) electrons. The van der Waals surface area contributed by atoms with Crippen molar-refractivity contribution >= 4 is 34.0 Å². The van der Waals surface area contributed by atoms with Gasteiger partial charge in [-0.05, 0) is 25.0 Å². The summed E-state index contributed by atoms with van der Waals surface area (Å²) in [4.78, 5) is 51.1. The van der Waals surface area contributed by atoms with E-state index in [1.54, 1.807) is 18.3 Å². The van der Waals surface area contributed by atoms with Gasteiger partial charge in [-0.3, -0.25) is 29.4 Å². The Bertz CT molecular complexity index is 1350. The Kier molecular flexibility index (Phi) is 4.82. The van der Waals surface area contributed by atoms with Crippen LogP contribution in [-0.2, 0) is 30.7 Å². The van der Waals surface area contributed by atoms with Gasteiger partial charge in [0.1, 0.15) is 26.9 Å². The topological polar surface area (TPSA) is 158 Å². The van der Waals surface area contributed by atoms with Crippen LogP contribution in [0.15, 0.2) is 24.4 Å². The van der Waals surface area contributed by atoms with Crippen molar-refractivity contribution in [2.75, 3.05) is 6.54 Å². The van der Waals surface area contributed by atoms with Gasteiger partial charge >= 0.3 is 0 Å². The van der Waals surface area contributed by atoms with E-state index in [2.05, 4.69) is 15.6 Å². The Labute approximate surface area is 201 Å². The van der Waals surface area contributed by atoms with Gasteiger partial charge in [-0.1, -0.05) is 15.5 Å². The van der Waals surface area contributed by atoms with Crippen molar-refractivity contribution < 1.29 is 27.9 Å². The lowest BCUT2D eigenvalue weighted by molar-refractivity contribution is -0.136. The zero-order valence-corrected chi connectivity index (χ0v) is 19.5. The molecule has 1 aromatic heterocycles. The highest BCUT2D eigenvalue weighted by atomic mass is 32.3. The van der Waals surface area contributed by atoms with Crippen LogP contribution >= 0.6 is 0 Å². The average Bonchev–Trinajstić information content (AvgIpc) is 3.39. The Balaban J connectivity index is 1.28. The molecule has 12 nitrogen and oxygen atoms in total. The van der Waals surface area contributed by atoms with Crippen molar-refractivity contribution in [3.63, 3.8) is 0 Å². The van der Waals surface area contributed by atoms with Crippen LogP contribution in [0.25, 0.3) is 5.69 Å². The number of piperidine rings is 1. The number of hydrogen-bond donors (Lipinski definition) is 1. The minimum atomic E-state index is -3.41. The molecule has 1 spiro atoms. The summed E-state index contributed by atoms with van der Waals surface area (Å²) in [6, 6.07) is 3.63. The van der Waals surface area contributed by atoms with E-state index in [4.69, 9.17) is 0 Å². The molecule has 0 bridgehead atoms. The van der Waals surface area contributed by atoms with Gasteiger partial charge < -0.3 is 4.55 Å². The third kappa shape index (κ3) is 3.29. The van der Waals surface area contributed by atoms with Crippen molar-refractivity contribution in [3.8, 4) is 5.69 Å². The second-order valence-corrected chi connectivity index (χ2v) is 11.8. The first-order valence-corrected chi connectivity index (χ1v) is 12.9. The molecule has 3 fully saturated rings. The second-order valence-electron chi connectivity index (χ2n) is 9.43. The normalized spacial score (nSPS) is 27.9. The largest absolute Gasteiger partial charge is 0.597 e. The number of hydrogen-bond acceptors (Lipinski definition) is 8. The van der Waals surface area contributed by atoms with Gasteiger partial charge in [0.05, 0.1) is 29.6 Å². The Morgan fingerprint density at radius 2 is 1.94 bits per heavy atom. The molecule has 182 valence electrons. The fraction of sp³-hybridized carbons (Fsp3) is 0.455. The molecule has 4 heterocycles. The van der Waals surface area contributed by atoms with Crippen LogP contribution < -0.4 is 5.32 Å². The molecule has 1 saturated carbocycles. The molecule has 3 aliphatic heterocycles. The third-order valence-corrected chi connectivity index (χ3v) is 10.0. The van der Waals surface area contributed by atoms with Gasteiger partial charge in [0.15, 0.2) is 0 Å². The summed E-state index contributed by atoms with van der Waals surface area (Å²) in [6.45, 7) is 0.500. The minimum absolute atomic E-state index is 0.0315. The number of rotatable bonds is 4. The maximum atomic E-state index is 13.3. The fourth-order valence-electron chi connectivity index (χ4n) is 5.27. The average molecular weight is 499 g/mol. The molecular weight excluding hydrogens is 476 g/mol. The molecule has 4 amide bonds. The Morgan fingerprint density at radius 3 is 2.69 bits per heavy atom. The van der Waals surface area contributed by atoms with Gasteiger partial charge in [-0.25, -0.2) is 4.68 Å². The van der Waals surface area contributed by atoms with E-state index >= 15 is 0 Å². The van der Waals surface area contributed by atoms with Crippen molar-refractivity contribution in [2.45, 2.75) is 55.9 Å². The highest BCUT2D eigenvalue weighted by Gasteiger charge is 2.62. The number of fused-ring (bicyclic) bond motifs is 1. The predicted octanol–water partition coefficient (Wildman–Crippen LogP) is 0.342. The van der Waals surface area contributed by atoms with Gasteiger partial charge in [-0.15, -0.1) is 9.40 Å². The van der Waals surface area contributed by atoms with E-state index in [-0.39, 0.29) is 30.5 Å². The molecule has 1 N–H and O–H groups in total. The number of benzene rings is 1. The molecule has 13 heteroatoms. The van der Waals surface area contributed by atoms with E-state index in [1.807, 2.05) is 0 Å². The number of nitrogens with zero attached hydrogens (tertiary/aromatic N) is 5. The second kappa shape index (κ2) is 7.60. The van der Waals surface area contributed by atoms with Crippen molar-refractivity contribution in [1.29, 1.82) is 0 Å². The van der Waals surface area contributed by atoms with Gasteiger partial charge in [0, 0.05) is 32.2 Å². The quantitative estimate of drug-likeness (QED) is 0.467. The molecule has 2 atom stereocenters. The SMILES string of the molecule is O=C1CCC(N2C(=O)c3cccc(-n4cc(CN5CCCC6(CC6)[S+]5(=O)[O-])nn4)c3C2=O)C(=O)N1. The van der Waals surface area contributed by atoms with Crippen LogP contribution in [0.5, 0.6) is 0 Å². The molecule has 1 aliphatic carbocycles. The van der Waals surface area contributed by atoms with Crippen molar-refractivity contribution in [2.24, 2.45) is 0 Å². The lowest BCUT2D eigenvalue weighted by atomic mass is 10.0. The molecule has 35 heavy (non-hydrogen) atoms. The summed E-state index contributed by atoms with van der Waals surface area (Å²) in [5, 5.41) is 10.4. The van der Waals surface area contributed by atoms with Crippen molar-refractivity contribution in [3.05, 3.63) is 41.2 Å². The summed E-state index contributed by atoms with van der Waals surface area (Å²) in [7, 11) is -3.41. The van der Waals surface area contributed by atoms with E-state index in [1.165, 1.54) is 15.1 Å². The van der Waals surface area contributed by atoms with Crippen LogP contribution in [0.3, 0.4) is 0 Å². The van der Waals surface area contributed by atoms with Crippen LogP contribution in [0.1, 0.15) is 64.9 Å². The number of carbonyl (C=O) groups is 4. The first-order valence-electron chi connectivity index (χ1n) is 11.5. The first kappa shape index (κ1) is 22.2. The van der Waals surface area contributed by atoms with Gasteiger partial charge in [-0.2, -0.15) is 0 Å². The maximum absolute atomic E-state index is 13.3. The molecule has 1 aromatic carbocycles. The molecule has 2 aromatic rings.